The number of nitrogens with one attached hydrogen (secondary N) is 1. The number of carbonyl (C=O) groups excluding carboxylic acids is 3. The van der Waals surface area contributed by atoms with Gasteiger partial charge in [0.1, 0.15) is 18.0 Å². The third-order valence-corrected chi connectivity index (χ3v) is 3.35. The number of ether oxygens (including phenoxy) is 2. The van der Waals surface area contributed by atoms with E-state index in [2.05, 4.69) is 10.3 Å². The first-order valence-electron chi connectivity index (χ1n) is 7.23. The van der Waals surface area contributed by atoms with Crippen LogP contribution >= 0.6 is 11.6 Å². The summed E-state index contributed by atoms with van der Waals surface area (Å²) in [5, 5.41) is 2.69. The van der Waals surface area contributed by atoms with E-state index in [1.54, 1.807) is 24.3 Å². The molecule has 0 aliphatic heterocycles. The summed E-state index contributed by atoms with van der Waals surface area (Å²) in [6.07, 6.45) is 1.38. The van der Waals surface area contributed by atoms with Crippen LogP contribution in [0.25, 0.3) is 0 Å². The molecule has 0 aliphatic carbocycles. The number of para-hydroxylation sites is 1. The zero-order valence-corrected chi connectivity index (χ0v) is 14.1. The SMILES string of the molecule is COc1ccccc1C(=O)COC(=O)CNC(=O)c1cc(Cl)ccn1. The van der Waals surface area contributed by atoms with Crippen LogP contribution in [0.2, 0.25) is 5.02 Å². The Kier molecular flexibility index (Phi) is 6.47. The Morgan fingerprint density at radius 2 is 1.96 bits per heavy atom. The molecule has 0 fully saturated rings. The largest absolute Gasteiger partial charge is 0.496 e. The normalized spacial score (nSPS) is 10.0. The molecule has 0 atom stereocenters. The molecule has 1 heterocycles. The van der Waals surface area contributed by atoms with Gasteiger partial charge in [-0.1, -0.05) is 23.7 Å². The van der Waals surface area contributed by atoms with Crippen LogP contribution in [-0.4, -0.2) is 42.9 Å². The molecule has 0 radical (unpaired) electrons. The zero-order chi connectivity index (χ0) is 18.2. The first-order valence-corrected chi connectivity index (χ1v) is 7.60. The van der Waals surface area contributed by atoms with Crippen molar-refractivity contribution in [2.24, 2.45) is 0 Å². The minimum absolute atomic E-state index is 0.0744. The number of nitrogens with zero attached hydrogens (tertiary/aromatic N) is 1. The number of amides is 1. The first kappa shape index (κ1) is 18.4. The maximum absolute atomic E-state index is 12.1. The molecule has 1 amide bonds. The fourth-order valence-corrected chi connectivity index (χ4v) is 2.08. The lowest BCUT2D eigenvalue weighted by Gasteiger charge is -2.08. The van der Waals surface area contributed by atoms with Gasteiger partial charge in [-0.2, -0.15) is 0 Å². The summed E-state index contributed by atoms with van der Waals surface area (Å²) in [5.41, 5.74) is 0.385. The van der Waals surface area contributed by atoms with Crippen molar-refractivity contribution < 1.29 is 23.9 Å². The lowest BCUT2D eigenvalue weighted by atomic mass is 10.1. The molecule has 8 heteroatoms. The van der Waals surface area contributed by atoms with E-state index in [1.807, 2.05) is 0 Å². The third kappa shape index (κ3) is 5.29. The predicted molar refractivity (Wildman–Crippen MR) is 89.9 cm³/mol. The molecule has 0 saturated heterocycles. The first-order chi connectivity index (χ1) is 12.0. The molecular formula is C17H15ClN2O5. The molecule has 1 aromatic heterocycles. The number of ketones is 1. The summed E-state index contributed by atoms with van der Waals surface area (Å²) in [6, 6.07) is 9.50. The summed E-state index contributed by atoms with van der Waals surface area (Å²) in [6.45, 7) is -0.850. The highest BCUT2D eigenvalue weighted by atomic mass is 35.5. The van der Waals surface area contributed by atoms with Gasteiger partial charge in [-0.3, -0.25) is 19.4 Å². The van der Waals surface area contributed by atoms with E-state index in [0.717, 1.165) is 0 Å². The second kappa shape index (κ2) is 8.79. The van der Waals surface area contributed by atoms with Crippen LogP contribution in [0.4, 0.5) is 0 Å². The Hall–Kier alpha value is -2.93. The van der Waals surface area contributed by atoms with Gasteiger partial charge in [0.05, 0.1) is 12.7 Å². The minimum atomic E-state index is -0.751. The van der Waals surface area contributed by atoms with E-state index in [1.165, 1.54) is 25.4 Å². The molecular weight excluding hydrogens is 348 g/mol. The van der Waals surface area contributed by atoms with E-state index in [0.29, 0.717) is 16.3 Å². The molecule has 1 aromatic carbocycles. The Morgan fingerprint density at radius 3 is 2.68 bits per heavy atom. The van der Waals surface area contributed by atoms with Crippen LogP contribution in [0.5, 0.6) is 5.75 Å². The van der Waals surface area contributed by atoms with Crippen molar-refractivity contribution in [3.8, 4) is 5.75 Å². The number of benzene rings is 1. The average Bonchev–Trinajstić information content (AvgIpc) is 2.64. The Balaban J connectivity index is 1.82. The van der Waals surface area contributed by atoms with Gasteiger partial charge >= 0.3 is 5.97 Å². The maximum atomic E-state index is 12.1. The fraction of sp³-hybridized carbons (Fsp3) is 0.176. The van der Waals surface area contributed by atoms with Gasteiger partial charge in [0, 0.05) is 11.2 Å². The van der Waals surface area contributed by atoms with Gasteiger partial charge in [0.25, 0.3) is 5.91 Å². The number of hydrogen-bond donors (Lipinski definition) is 1. The summed E-state index contributed by atoms with van der Waals surface area (Å²) < 4.78 is 9.94. The van der Waals surface area contributed by atoms with E-state index in [-0.39, 0.29) is 5.69 Å². The van der Waals surface area contributed by atoms with Gasteiger partial charge in [-0.05, 0) is 24.3 Å². The van der Waals surface area contributed by atoms with Gasteiger partial charge in [-0.15, -0.1) is 0 Å². The average molecular weight is 363 g/mol. The van der Waals surface area contributed by atoms with Crippen molar-refractivity contribution in [1.29, 1.82) is 0 Å². The molecule has 2 rings (SSSR count). The topological polar surface area (TPSA) is 94.6 Å². The number of halogens is 1. The summed E-state index contributed by atoms with van der Waals surface area (Å²) in [7, 11) is 1.44. The Bertz CT molecular complexity index is 794. The van der Waals surface area contributed by atoms with Crippen molar-refractivity contribution in [3.05, 3.63) is 58.9 Å². The van der Waals surface area contributed by atoms with Gasteiger partial charge in [0.2, 0.25) is 5.78 Å². The number of aromatic nitrogens is 1. The van der Waals surface area contributed by atoms with E-state index in [4.69, 9.17) is 21.1 Å². The highest BCUT2D eigenvalue weighted by Crippen LogP contribution is 2.17. The smallest absolute Gasteiger partial charge is 0.325 e. The molecule has 2 aromatic rings. The number of pyridine rings is 1. The number of esters is 1. The highest BCUT2D eigenvalue weighted by Gasteiger charge is 2.15. The van der Waals surface area contributed by atoms with Gasteiger partial charge in [0.15, 0.2) is 6.61 Å². The number of rotatable bonds is 7. The summed E-state index contributed by atoms with van der Waals surface area (Å²) in [5.74, 6) is -1.34. The number of hydrogen-bond acceptors (Lipinski definition) is 6. The van der Waals surface area contributed by atoms with E-state index >= 15 is 0 Å². The third-order valence-electron chi connectivity index (χ3n) is 3.12. The van der Waals surface area contributed by atoms with Crippen molar-refractivity contribution in [2.75, 3.05) is 20.3 Å². The number of Topliss-reactive ketones (excluding diaryl/α,β-unsaturated/α-hetero) is 1. The number of carbonyl (C=O) groups is 3. The Labute approximate surface area is 148 Å². The molecule has 0 saturated carbocycles. The standard InChI is InChI=1S/C17H15ClN2O5/c1-24-15-5-3-2-4-12(15)14(21)10-25-16(22)9-20-17(23)13-8-11(18)6-7-19-13/h2-8H,9-10H2,1H3,(H,20,23). The quantitative estimate of drug-likeness (QED) is 0.597. The van der Waals surface area contributed by atoms with Crippen molar-refractivity contribution >= 4 is 29.3 Å². The summed E-state index contributed by atoms with van der Waals surface area (Å²) in [4.78, 5) is 39.4. The molecule has 0 bridgehead atoms. The highest BCUT2D eigenvalue weighted by molar-refractivity contribution is 6.30. The van der Waals surface area contributed by atoms with Crippen LogP contribution < -0.4 is 10.1 Å². The fourth-order valence-electron chi connectivity index (χ4n) is 1.92. The van der Waals surface area contributed by atoms with Crippen LogP contribution in [0.1, 0.15) is 20.8 Å². The lowest BCUT2D eigenvalue weighted by Crippen LogP contribution is -2.32. The van der Waals surface area contributed by atoms with E-state index in [9.17, 15) is 14.4 Å². The Morgan fingerprint density at radius 1 is 1.20 bits per heavy atom. The summed E-state index contributed by atoms with van der Waals surface area (Å²) >= 11 is 5.76. The zero-order valence-electron chi connectivity index (χ0n) is 13.3. The molecule has 0 unspecified atom stereocenters. The predicted octanol–water partition coefficient (Wildman–Crippen LogP) is 1.90. The van der Waals surface area contributed by atoms with Gasteiger partial charge in [-0.25, -0.2) is 0 Å². The van der Waals surface area contributed by atoms with Gasteiger partial charge < -0.3 is 14.8 Å². The minimum Gasteiger partial charge on any atom is -0.496 e. The van der Waals surface area contributed by atoms with Crippen molar-refractivity contribution in [3.63, 3.8) is 0 Å². The monoisotopic (exact) mass is 362 g/mol. The molecule has 130 valence electrons. The van der Waals surface area contributed by atoms with Crippen LogP contribution in [0, 0.1) is 0 Å². The molecule has 7 nitrogen and oxygen atoms in total. The lowest BCUT2D eigenvalue weighted by molar-refractivity contribution is -0.141. The van der Waals surface area contributed by atoms with Crippen LogP contribution in [0.15, 0.2) is 42.6 Å². The van der Waals surface area contributed by atoms with Crippen LogP contribution in [0.3, 0.4) is 0 Å². The van der Waals surface area contributed by atoms with Crippen LogP contribution in [-0.2, 0) is 9.53 Å². The van der Waals surface area contributed by atoms with Crippen molar-refractivity contribution in [1.82, 2.24) is 10.3 Å². The molecule has 25 heavy (non-hydrogen) atoms. The van der Waals surface area contributed by atoms with E-state index < -0.39 is 30.8 Å². The molecule has 0 spiro atoms. The second-order valence-corrected chi connectivity index (χ2v) is 5.26. The maximum Gasteiger partial charge on any atom is 0.325 e. The van der Waals surface area contributed by atoms with Crippen molar-refractivity contribution in [2.45, 2.75) is 0 Å². The molecule has 0 aliphatic rings. The number of methoxy groups -OCH3 is 1. The molecule has 1 N–H and O–H groups in total. The second-order valence-electron chi connectivity index (χ2n) is 4.83.